The first-order valence-corrected chi connectivity index (χ1v) is 5.50. The van der Waals surface area contributed by atoms with E-state index in [1.165, 1.54) is 19.3 Å². The van der Waals surface area contributed by atoms with E-state index in [-0.39, 0.29) is 11.5 Å². The highest BCUT2D eigenvalue weighted by Crippen LogP contribution is 2.30. The van der Waals surface area contributed by atoms with Crippen LogP contribution in [-0.2, 0) is 4.79 Å². The average molecular weight is 207 g/mol. The minimum absolute atomic E-state index is 0.118. The van der Waals surface area contributed by atoms with Crippen LogP contribution in [0.3, 0.4) is 0 Å². The van der Waals surface area contributed by atoms with Gasteiger partial charge in [0.05, 0.1) is 0 Å². The summed E-state index contributed by atoms with van der Waals surface area (Å²) in [7, 11) is 0. The number of nitrogens with zero attached hydrogens (tertiary/aromatic N) is 1. The van der Waals surface area contributed by atoms with Crippen molar-refractivity contribution in [1.82, 2.24) is 0 Å². The van der Waals surface area contributed by atoms with Crippen molar-refractivity contribution < 1.29 is 9.90 Å². The van der Waals surface area contributed by atoms with Crippen LogP contribution in [0.25, 0.3) is 0 Å². The molecule has 0 aromatic heterocycles. The molecule has 0 spiro atoms. The van der Waals surface area contributed by atoms with Gasteiger partial charge < -0.3 is 5.11 Å². The van der Waals surface area contributed by atoms with Crippen molar-refractivity contribution in [3.63, 3.8) is 0 Å². The number of allylic oxidation sites excluding steroid dienone is 1. The Labute approximate surface area is 90.4 Å². The summed E-state index contributed by atoms with van der Waals surface area (Å²) < 4.78 is 0. The highest BCUT2D eigenvalue weighted by molar-refractivity contribution is 5.90. The third-order valence-corrected chi connectivity index (χ3v) is 3.17. The third-order valence-electron chi connectivity index (χ3n) is 3.17. The van der Waals surface area contributed by atoms with Crippen LogP contribution < -0.4 is 0 Å². The molecule has 1 atom stereocenters. The van der Waals surface area contributed by atoms with Crippen LogP contribution in [0, 0.1) is 23.2 Å². The zero-order valence-corrected chi connectivity index (χ0v) is 9.07. The fourth-order valence-corrected chi connectivity index (χ4v) is 2.22. The summed E-state index contributed by atoms with van der Waals surface area (Å²) in [6.07, 6.45) is 7.69. The number of aliphatic carboxylic acids is 1. The molecular weight excluding hydrogens is 190 g/mol. The molecule has 0 saturated heterocycles. The topological polar surface area (TPSA) is 61.1 Å². The fraction of sp³-hybridized carbons (Fsp3) is 0.667. The lowest BCUT2D eigenvalue weighted by Crippen LogP contribution is -2.14. The molecule has 0 amide bonds. The first kappa shape index (κ1) is 11.8. The molecule has 0 aliphatic heterocycles. The van der Waals surface area contributed by atoms with Gasteiger partial charge in [0.1, 0.15) is 11.6 Å². The molecule has 15 heavy (non-hydrogen) atoms. The van der Waals surface area contributed by atoms with E-state index in [9.17, 15) is 4.79 Å². The number of carboxylic acid groups (broad SMARTS) is 1. The van der Waals surface area contributed by atoms with E-state index in [1.54, 1.807) is 12.1 Å². The number of rotatable bonds is 3. The van der Waals surface area contributed by atoms with Crippen molar-refractivity contribution in [2.45, 2.75) is 39.0 Å². The van der Waals surface area contributed by atoms with Crippen LogP contribution in [0.4, 0.5) is 0 Å². The molecular formula is C12H17NO2. The Morgan fingerprint density at radius 3 is 2.53 bits per heavy atom. The summed E-state index contributed by atoms with van der Waals surface area (Å²) in [6, 6.07) is 1.73. The van der Waals surface area contributed by atoms with E-state index in [1.807, 2.05) is 6.92 Å². The predicted octanol–water partition coefficient (Wildman–Crippen LogP) is 2.74. The van der Waals surface area contributed by atoms with Crippen molar-refractivity contribution in [2.75, 3.05) is 0 Å². The molecule has 1 aliphatic carbocycles. The molecule has 3 nitrogen and oxygen atoms in total. The smallest absolute Gasteiger partial charge is 0.346 e. The molecule has 82 valence electrons. The van der Waals surface area contributed by atoms with Crippen molar-refractivity contribution in [3.05, 3.63) is 11.6 Å². The van der Waals surface area contributed by atoms with Crippen molar-refractivity contribution in [2.24, 2.45) is 11.8 Å². The Bertz CT molecular complexity index is 295. The molecule has 1 saturated carbocycles. The standard InChI is InChI=1S/C12H17NO2/c1-9(7-11(8-13)12(14)15)10-5-3-2-4-6-10/h7,9-10H,2-6H2,1H3,(H,14,15). The first-order valence-electron chi connectivity index (χ1n) is 5.50. The van der Waals surface area contributed by atoms with Gasteiger partial charge in [-0.3, -0.25) is 0 Å². The fourth-order valence-electron chi connectivity index (χ4n) is 2.22. The number of carboxylic acids is 1. The largest absolute Gasteiger partial charge is 0.477 e. The van der Waals surface area contributed by atoms with Crippen LogP contribution in [-0.4, -0.2) is 11.1 Å². The van der Waals surface area contributed by atoms with Gasteiger partial charge in [-0.05, 0) is 24.7 Å². The van der Waals surface area contributed by atoms with Crippen LogP contribution in [0.5, 0.6) is 0 Å². The lowest BCUT2D eigenvalue weighted by Gasteiger charge is -2.25. The zero-order chi connectivity index (χ0) is 11.3. The van der Waals surface area contributed by atoms with Gasteiger partial charge >= 0.3 is 5.97 Å². The van der Waals surface area contributed by atoms with Gasteiger partial charge in [-0.2, -0.15) is 5.26 Å². The van der Waals surface area contributed by atoms with E-state index in [2.05, 4.69) is 0 Å². The van der Waals surface area contributed by atoms with Crippen molar-refractivity contribution in [3.8, 4) is 6.07 Å². The normalized spacial score (nSPS) is 20.7. The van der Waals surface area contributed by atoms with Gasteiger partial charge in [0, 0.05) is 0 Å². The SMILES string of the molecule is CC(C=C(C#N)C(=O)O)C1CCCCC1. The summed E-state index contributed by atoms with van der Waals surface area (Å²) in [6.45, 7) is 2.01. The first-order chi connectivity index (χ1) is 7.15. The molecule has 1 rings (SSSR count). The highest BCUT2D eigenvalue weighted by Gasteiger charge is 2.20. The monoisotopic (exact) mass is 207 g/mol. The van der Waals surface area contributed by atoms with Gasteiger partial charge in [0.2, 0.25) is 0 Å². The van der Waals surface area contributed by atoms with E-state index in [0.717, 1.165) is 12.8 Å². The van der Waals surface area contributed by atoms with E-state index < -0.39 is 5.97 Å². The van der Waals surface area contributed by atoms with Crippen molar-refractivity contribution >= 4 is 5.97 Å². The Balaban J connectivity index is 2.63. The third kappa shape index (κ3) is 3.39. The summed E-state index contributed by atoms with van der Waals surface area (Å²) in [5.41, 5.74) is -0.118. The maximum absolute atomic E-state index is 10.7. The zero-order valence-electron chi connectivity index (χ0n) is 9.07. The van der Waals surface area contributed by atoms with E-state index >= 15 is 0 Å². The Hall–Kier alpha value is -1.30. The second-order valence-corrected chi connectivity index (χ2v) is 4.25. The molecule has 1 unspecified atom stereocenters. The van der Waals surface area contributed by atoms with Crippen molar-refractivity contribution in [1.29, 1.82) is 5.26 Å². The summed E-state index contributed by atoms with van der Waals surface area (Å²) in [5, 5.41) is 17.4. The molecule has 3 heteroatoms. The molecule has 0 aromatic rings. The minimum atomic E-state index is -1.11. The highest BCUT2D eigenvalue weighted by atomic mass is 16.4. The number of carbonyl (C=O) groups is 1. The second kappa shape index (κ2) is 5.55. The van der Waals surface area contributed by atoms with Gasteiger partial charge in [-0.25, -0.2) is 4.79 Å². The Kier molecular flexibility index (Phi) is 4.36. The van der Waals surface area contributed by atoms with Gasteiger partial charge in [-0.15, -0.1) is 0 Å². The average Bonchev–Trinajstić information content (AvgIpc) is 2.26. The summed E-state index contributed by atoms with van der Waals surface area (Å²) in [4.78, 5) is 10.7. The lowest BCUT2D eigenvalue weighted by atomic mass is 9.80. The second-order valence-electron chi connectivity index (χ2n) is 4.25. The minimum Gasteiger partial charge on any atom is -0.477 e. The maximum atomic E-state index is 10.7. The summed E-state index contributed by atoms with van der Waals surface area (Å²) >= 11 is 0. The van der Waals surface area contributed by atoms with Crippen LogP contribution in [0.15, 0.2) is 11.6 Å². The van der Waals surface area contributed by atoms with Crippen LogP contribution in [0.1, 0.15) is 39.0 Å². The molecule has 0 heterocycles. The van der Waals surface area contributed by atoms with E-state index in [0.29, 0.717) is 5.92 Å². The molecule has 0 radical (unpaired) electrons. The number of hydrogen-bond donors (Lipinski definition) is 1. The van der Waals surface area contributed by atoms with Gasteiger partial charge in [-0.1, -0.05) is 32.3 Å². The Morgan fingerprint density at radius 2 is 2.07 bits per heavy atom. The quantitative estimate of drug-likeness (QED) is 0.571. The molecule has 1 aliphatic rings. The predicted molar refractivity (Wildman–Crippen MR) is 57.1 cm³/mol. The Morgan fingerprint density at radius 1 is 1.47 bits per heavy atom. The van der Waals surface area contributed by atoms with E-state index in [4.69, 9.17) is 10.4 Å². The molecule has 1 N–H and O–H groups in total. The molecule has 0 aromatic carbocycles. The summed E-state index contributed by atoms with van der Waals surface area (Å²) in [5.74, 6) is -0.349. The van der Waals surface area contributed by atoms with Crippen LogP contribution >= 0.6 is 0 Å². The molecule has 1 fully saturated rings. The lowest BCUT2D eigenvalue weighted by molar-refractivity contribution is -0.132. The van der Waals surface area contributed by atoms with Crippen LogP contribution in [0.2, 0.25) is 0 Å². The number of hydrogen-bond acceptors (Lipinski definition) is 2. The van der Waals surface area contributed by atoms with Gasteiger partial charge in [0.15, 0.2) is 0 Å². The molecule has 0 bridgehead atoms. The maximum Gasteiger partial charge on any atom is 0.346 e. The number of nitriles is 1. The van der Waals surface area contributed by atoms with Gasteiger partial charge in [0.25, 0.3) is 0 Å².